The number of hydrogen-bond acceptors (Lipinski definition) is 3. The average molecular weight is 287 g/mol. The molecular formula is C16H25N5. The summed E-state index contributed by atoms with van der Waals surface area (Å²) in [7, 11) is 0. The van der Waals surface area contributed by atoms with Crippen LogP contribution in [0.4, 0.5) is 0 Å². The molecule has 0 bridgehead atoms. The van der Waals surface area contributed by atoms with Crippen molar-refractivity contribution >= 4 is 0 Å². The number of aryl methyl sites for hydroxylation is 2. The summed E-state index contributed by atoms with van der Waals surface area (Å²) in [5, 5.41) is 7.31. The van der Waals surface area contributed by atoms with Crippen molar-refractivity contribution in [3.05, 3.63) is 35.2 Å². The molecule has 3 heterocycles. The number of rotatable bonds is 6. The maximum Gasteiger partial charge on any atom is 0.106 e. The van der Waals surface area contributed by atoms with Crippen LogP contribution >= 0.6 is 0 Å². The van der Waals surface area contributed by atoms with E-state index in [-0.39, 0.29) is 0 Å². The largest absolute Gasteiger partial charge is 0.345 e. The van der Waals surface area contributed by atoms with E-state index in [1.54, 1.807) is 0 Å². The van der Waals surface area contributed by atoms with Crippen LogP contribution in [0, 0.1) is 6.92 Å². The molecule has 2 aromatic rings. The number of unbranched alkanes of at least 4 members (excludes halogenated alkanes) is 1. The van der Waals surface area contributed by atoms with Gasteiger partial charge in [0.15, 0.2) is 0 Å². The second-order valence-electron chi connectivity index (χ2n) is 6.15. The lowest BCUT2D eigenvalue weighted by Crippen LogP contribution is -2.20. The van der Waals surface area contributed by atoms with Gasteiger partial charge in [-0.2, -0.15) is 5.10 Å². The average Bonchev–Trinajstić information content (AvgIpc) is 3.18. The molecule has 5 heteroatoms. The third kappa shape index (κ3) is 3.35. The number of aromatic amines is 2. The fourth-order valence-corrected chi connectivity index (χ4v) is 3.18. The topological polar surface area (TPSA) is 60.6 Å². The number of aromatic nitrogens is 4. The van der Waals surface area contributed by atoms with Crippen LogP contribution in [-0.4, -0.2) is 38.2 Å². The molecule has 1 saturated heterocycles. The van der Waals surface area contributed by atoms with Gasteiger partial charge in [-0.15, -0.1) is 0 Å². The highest BCUT2D eigenvalue weighted by Gasteiger charge is 2.26. The number of nitrogens with zero attached hydrogens (tertiary/aromatic N) is 3. The zero-order valence-electron chi connectivity index (χ0n) is 13.0. The molecule has 0 spiro atoms. The van der Waals surface area contributed by atoms with E-state index in [0.717, 1.165) is 31.9 Å². The van der Waals surface area contributed by atoms with Crippen LogP contribution < -0.4 is 0 Å². The predicted octanol–water partition coefficient (Wildman–Crippen LogP) is 2.77. The van der Waals surface area contributed by atoms with Crippen molar-refractivity contribution in [1.82, 2.24) is 25.1 Å². The molecule has 3 rings (SSSR count). The Morgan fingerprint density at radius 2 is 2.29 bits per heavy atom. The summed E-state index contributed by atoms with van der Waals surface area (Å²) >= 11 is 0. The Hall–Kier alpha value is -1.62. The Kier molecular flexibility index (Phi) is 4.39. The predicted molar refractivity (Wildman–Crippen MR) is 83.2 cm³/mol. The summed E-state index contributed by atoms with van der Waals surface area (Å²) in [5.41, 5.74) is 3.83. The number of H-pyrrole nitrogens is 2. The molecule has 0 saturated carbocycles. The highest BCUT2D eigenvalue weighted by Crippen LogP contribution is 2.28. The van der Waals surface area contributed by atoms with Crippen LogP contribution in [0.25, 0.3) is 0 Å². The molecule has 2 aromatic heterocycles. The summed E-state index contributed by atoms with van der Waals surface area (Å²) in [6, 6.07) is 0. The van der Waals surface area contributed by atoms with Crippen LogP contribution in [0.2, 0.25) is 0 Å². The van der Waals surface area contributed by atoms with E-state index in [1.807, 2.05) is 12.4 Å². The number of hydrogen-bond donors (Lipinski definition) is 2. The maximum atomic E-state index is 4.48. The van der Waals surface area contributed by atoms with Gasteiger partial charge in [0, 0.05) is 43.0 Å². The lowest BCUT2D eigenvalue weighted by atomic mass is 10.0. The normalized spacial score (nSPS) is 19.4. The van der Waals surface area contributed by atoms with Gasteiger partial charge in [-0.25, -0.2) is 4.98 Å². The van der Waals surface area contributed by atoms with Crippen LogP contribution in [0.5, 0.6) is 0 Å². The monoisotopic (exact) mass is 287 g/mol. The van der Waals surface area contributed by atoms with Crippen molar-refractivity contribution in [2.24, 2.45) is 0 Å². The van der Waals surface area contributed by atoms with Gasteiger partial charge in [-0.1, -0.05) is 13.3 Å². The van der Waals surface area contributed by atoms with Crippen LogP contribution in [0.15, 0.2) is 12.4 Å². The van der Waals surface area contributed by atoms with E-state index in [0.29, 0.717) is 5.92 Å². The van der Waals surface area contributed by atoms with Gasteiger partial charge < -0.3 is 4.98 Å². The van der Waals surface area contributed by atoms with Crippen molar-refractivity contribution in [2.45, 2.75) is 52.0 Å². The minimum atomic E-state index is 0.593. The lowest BCUT2D eigenvalue weighted by Gasteiger charge is -2.14. The van der Waals surface area contributed by atoms with Crippen LogP contribution in [0.3, 0.4) is 0 Å². The summed E-state index contributed by atoms with van der Waals surface area (Å²) in [6.07, 6.45) is 8.62. The van der Waals surface area contributed by atoms with Crippen LogP contribution in [-0.2, 0) is 13.0 Å². The molecule has 1 fully saturated rings. The summed E-state index contributed by atoms with van der Waals surface area (Å²) in [4.78, 5) is 10.4. The fraction of sp³-hybridized carbons (Fsp3) is 0.625. The van der Waals surface area contributed by atoms with E-state index in [4.69, 9.17) is 0 Å². The van der Waals surface area contributed by atoms with Crippen molar-refractivity contribution in [1.29, 1.82) is 0 Å². The molecule has 114 valence electrons. The van der Waals surface area contributed by atoms with Crippen molar-refractivity contribution in [3.63, 3.8) is 0 Å². The fourth-order valence-electron chi connectivity index (χ4n) is 3.18. The molecule has 0 amide bonds. The van der Waals surface area contributed by atoms with Gasteiger partial charge in [-0.3, -0.25) is 10.00 Å². The van der Waals surface area contributed by atoms with E-state index in [2.05, 4.69) is 38.9 Å². The molecule has 1 aliphatic rings. The van der Waals surface area contributed by atoms with Gasteiger partial charge in [0.1, 0.15) is 5.82 Å². The van der Waals surface area contributed by atoms with Crippen molar-refractivity contribution in [3.8, 4) is 0 Å². The molecule has 0 unspecified atom stereocenters. The second-order valence-corrected chi connectivity index (χ2v) is 6.15. The zero-order chi connectivity index (χ0) is 14.7. The van der Waals surface area contributed by atoms with E-state index < -0.39 is 0 Å². The summed E-state index contributed by atoms with van der Waals surface area (Å²) < 4.78 is 0. The van der Waals surface area contributed by atoms with E-state index >= 15 is 0 Å². The number of likely N-dealkylation sites (tertiary alicyclic amines) is 1. The first-order valence-corrected chi connectivity index (χ1v) is 8.01. The molecule has 1 aliphatic heterocycles. The highest BCUT2D eigenvalue weighted by atomic mass is 15.2. The second kappa shape index (κ2) is 6.43. The molecule has 0 radical (unpaired) electrons. The molecule has 1 atom stereocenters. The smallest absolute Gasteiger partial charge is 0.106 e. The maximum absolute atomic E-state index is 4.48. The van der Waals surface area contributed by atoms with Gasteiger partial charge in [0.25, 0.3) is 0 Å². The first-order chi connectivity index (χ1) is 10.3. The Balaban J connectivity index is 1.55. The molecule has 0 aromatic carbocycles. The van der Waals surface area contributed by atoms with E-state index in [1.165, 1.54) is 36.2 Å². The molecule has 0 aliphatic carbocycles. The minimum Gasteiger partial charge on any atom is -0.345 e. The third-order valence-electron chi connectivity index (χ3n) is 4.39. The Morgan fingerprint density at radius 1 is 1.38 bits per heavy atom. The molecular weight excluding hydrogens is 262 g/mol. The SMILES string of the molecule is CCCCc1ncc(CN2CC[C@@H](c3[nH]ncc3C)C2)[nH]1. The lowest BCUT2D eigenvalue weighted by molar-refractivity contribution is 0.322. The Bertz CT molecular complexity index is 571. The number of nitrogens with one attached hydrogen (secondary N) is 2. The zero-order valence-corrected chi connectivity index (χ0v) is 13.0. The molecule has 2 N–H and O–H groups in total. The summed E-state index contributed by atoms with van der Waals surface area (Å²) in [6.45, 7) is 7.57. The standard InChI is InChI=1S/C16H25N5/c1-3-4-5-15-17-9-14(19-15)11-21-7-6-13(10-21)16-12(2)8-18-20-16/h8-9,13H,3-7,10-11H2,1-2H3,(H,17,19)(H,18,20)/t13-/m1/s1. The van der Waals surface area contributed by atoms with Gasteiger partial charge in [-0.05, 0) is 31.9 Å². The van der Waals surface area contributed by atoms with E-state index in [9.17, 15) is 0 Å². The van der Waals surface area contributed by atoms with Crippen molar-refractivity contribution in [2.75, 3.05) is 13.1 Å². The minimum absolute atomic E-state index is 0.593. The Morgan fingerprint density at radius 3 is 3.05 bits per heavy atom. The number of imidazole rings is 1. The quantitative estimate of drug-likeness (QED) is 0.859. The molecule has 5 nitrogen and oxygen atoms in total. The Labute approximate surface area is 126 Å². The summed E-state index contributed by atoms with van der Waals surface area (Å²) in [5.74, 6) is 1.72. The van der Waals surface area contributed by atoms with Gasteiger partial charge in [0.2, 0.25) is 0 Å². The van der Waals surface area contributed by atoms with Gasteiger partial charge >= 0.3 is 0 Å². The van der Waals surface area contributed by atoms with Crippen LogP contribution in [0.1, 0.15) is 54.9 Å². The van der Waals surface area contributed by atoms with Gasteiger partial charge in [0.05, 0.1) is 6.20 Å². The van der Waals surface area contributed by atoms with Crippen molar-refractivity contribution < 1.29 is 0 Å². The third-order valence-corrected chi connectivity index (χ3v) is 4.39. The highest BCUT2D eigenvalue weighted by molar-refractivity contribution is 5.20. The first kappa shape index (κ1) is 14.3. The molecule has 21 heavy (non-hydrogen) atoms. The first-order valence-electron chi connectivity index (χ1n) is 8.01.